The molecule has 3 rings (SSSR count). The van der Waals surface area contributed by atoms with Gasteiger partial charge >= 0.3 is 0 Å². The molecular weight excluding hydrogens is 314 g/mol. The van der Waals surface area contributed by atoms with Crippen LogP contribution >= 0.6 is 0 Å². The molecule has 0 bridgehead atoms. The third kappa shape index (κ3) is 3.65. The average molecular weight is 341 g/mol. The Kier molecular flexibility index (Phi) is 5.60. The van der Waals surface area contributed by atoms with Gasteiger partial charge in [0, 0.05) is 32.0 Å². The third-order valence-electron chi connectivity index (χ3n) is 4.75. The maximum atomic E-state index is 12.9. The van der Waals surface area contributed by atoms with Gasteiger partial charge in [-0.05, 0) is 32.3 Å². The summed E-state index contributed by atoms with van der Waals surface area (Å²) in [6, 6.07) is 1.86. The van der Waals surface area contributed by atoms with Gasteiger partial charge in [0.25, 0.3) is 5.56 Å². The Bertz CT molecular complexity index is 813. The number of nitrogens with one attached hydrogen (secondary N) is 1. The van der Waals surface area contributed by atoms with Gasteiger partial charge in [-0.1, -0.05) is 25.5 Å². The van der Waals surface area contributed by atoms with Crippen molar-refractivity contribution in [3.05, 3.63) is 46.8 Å². The van der Waals surface area contributed by atoms with Gasteiger partial charge in [0.15, 0.2) is 0 Å². The molecule has 1 fully saturated rings. The van der Waals surface area contributed by atoms with Crippen LogP contribution in [0.4, 0.5) is 0 Å². The maximum Gasteiger partial charge on any atom is 0.262 e. The summed E-state index contributed by atoms with van der Waals surface area (Å²) in [7, 11) is 0. The zero-order valence-electron chi connectivity index (χ0n) is 15.2. The molecule has 3 heterocycles. The summed E-state index contributed by atoms with van der Waals surface area (Å²) in [5.74, 6) is 0.829. The summed E-state index contributed by atoms with van der Waals surface area (Å²) in [6.07, 6.45) is 7.38. The zero-order valence-corrected chi connectivity index (χ0v) is 15.2. The molecule has 0 amide bonds. The van der Waals surface area contributed by atoms with Crippen LogP contribution in [-0.4, -0.2) is 32.6 Å². The molecule has 6 heteroatoms. The van der Waals surface area contributed by atoms with Gasteiger partial charge in [-0.25, -0.2) is 9.99 Å². The lowest BCUT2D eigenvalue weighted by Crippen LogP contribution is -2.43. The second-order valence-corrected chi connectivity index (χ2v) is 6.61. The van der Waals surface area contributed by atoms with E-state index in [0.29, 0.717) is 11.9 Å². The van der Waals surface area contributed by atoms with Crippen molar-refractivity contribution in [2.75, 3.05) is 13.1 Å². The molecule has 1 saturated heterocycles. The molecule has 0 aromatic carbocycles. The summed E-state index contributed by atoms with van der Waals surface area (Å²) in [4.78, 5) is 21.9. The van der Waals surface area contributed by atoms with Crippen LogP contribution in [0, 0.1) is 0 Å². The highest BCUT2D eigenvalue weighted by Gasteiger charge is 2.26. The van der Waals surface area contributed by atoms with E-state index in [2.05, 4.69) is 28.9 Å². The van der Waals surface area contributed by atoms with E-state index in [-0.39, 0.29) is 11.6 Å². The first-order valence-corrected chi connectivity index (χ1v) is 9.17. The van der Waals surface area contributed by atoms with Gasteiger partial charge in [-0.15, -0.1) is 0 Å². The molecule has 1 N–H and O–H groups in total. The molecule has 1 aliphatic rings. The Morgan fingerprint density at radius 2 is 2.24 bits per heavy atom. The fourth-order valence-electron chi connectivity index (χ4n) is 3.50. The first kappa shape index (κ1) is 17.8. The number of hydrazine groups is 1. The van der Waals surface area contributed by atoms with Crippen LogP contribution in [0.2, 0.25) is 0 Å². The predicted octanol–water partition coefficient (Wildman–Crippen LogP) is 2.81. The molecule has 134 valence electrons. The minimum Gasteiger partial charge on any atom is -0.295 e. The number of hydrogen-bond donors (Lipinski definition) is 1. The van der Waals surface area contributed by atoms with Crippen LogP contribution in [0.3, 0.4) is 0 Å². The lowest BCUT2D eigenvalue weighted by molar-refractivity contribution is 0.126. The molecule has 0 unspecified atom stereocenters. The fraction of sp³-hybridized carbons (Fsp3) is 0.526. The van der Waals surface area contributed by atoms with E-state index in [9.17, 15) is 4.79 Å². The average Bonchev–Trinajstić information content (AvgIpc) is 2.84. The van der Waals surface area contributed by atoms with Crippen LogP contribution in [0.5, 0.6) is 0 Å². The van der Waals surface area contributed by atoms with Crippen molar-refractivity contribution in [3.63, 3.8) is 0 Å². The Balaban J connectivity index is 2.12. The van der Waals surface area contributed by atoms with Crippen molar-refractivity contribution in [1.82, 2.24) is 25.0 Å². The lowest BCUT2D eigenvalue weighted by atomic mass is 10.1. The molecule has 2 aromatic rings. The van der Waals surface area contributed by atoms with Gasteiger partial charge in [0.2, 0.25) is 0 Å². The van der Waals surface area contributed by atoms with E-state index >= 15 is 0 Å². The Morgan fingerprint density at radius 3 is 3.00 bits per heavy atom. The molecule has 6 nitrogen and oxygen atoms in total. The van der Waals surface area contributed by atoms with Gasteiger partial charge < -0.3 is 0 Å². The minimum atomic E-state index is -0.00893. The molecule has 1 atom stereocenters. The Morgan fingerprint density at radius 1 is 1.40 bits per heavy atom. The fourth-order valence-corrected chi connectivity index (χ4v) is 3.50. The van der Waals surface area contributed by atoms with Crippen LogP contribution in [0.15, 0.2) is 35.4 Å². The number of pyridine rings is 1. The van der Waals surface area contributed by atoms with Gasteiger partial charge in [0.1, 0.15) is 5.82 Å². The van der Waals surface area contributed by atoms with Crippen LogP contribution in [0.1, 0.15) is 51.4 Å². The van der Waals surface area contributed by atoms with Gasteiger partial charge in [0.05, 0.1) is 16.9 Å². The first-order chi connectivity index (χ1) is 12.2. The van der Waals surface area contributed by atoms with Crippen molar-refractivity contribution in [3.8, 4) is 0 Å². The number of nitrogens with zero attached hydrogens (tertiary/aromatic N) is 4. The van der Waals surface area contributed by atoms with E-state index in [1.54, 1.807) is 17.0 Å². The number of rotatable bonds is 5. The van der Waals surface area contributed by atoms with E-state index in [4.69, 9.17) is 4.98 Å². The largest absolute Gasteiger partial charge is 0.295 e. The first-order valence-electron chi connectivity index (χ1n) is 9.17. The van der Waals surface area contributed by atoms with E-state index in [1.807, 2.05) is 13.0 Å². The quantitative estimate of drug-likeness (QED) is 0.847. The van der Waals surface area contributed by atoms with Crippen LogP contribution in [-0.2, 0) is 6.54 Å². The highest BCUT2D eigenvalue weighted by molar-refractivity contribution is 5.76. The molecule has 0 spiro atoms. The Hall–Kier alpha value is -2.05. The van der Waals surface area contributed by atoms with Gasteiger partial charge in [-0.3, -0.25) is 19.8 Å². The molecule has 1 aliphatic heterocycles. The molecule has 2 aromatic heterocycles. The van der Waals surface area contributed by atoms with E-state index in [1.165, 1.54) is 5.57 Å². The molecule has 25 heavy (non-hydrogen) atoms. The summed E-state index contributed by atoms with van der Waals surface area (Å²) in [5.41, 5.74) is 5.45. The summed E-state index contributed by atoms with van der Waals surface area (Å²) in [6.45, 7) is 10.7. The lowest BCUT2D eigenvalue weighted by Gasteiger charge is -2.32. The van der Waals surface area contributed by atoms with E-state index < -0.39 is 0 Å². The van der Waals surface area contributed by atoms with Crippen molar-refractivity contribution in [2.24, 2.45) is 0 Å². The van der Waals surface area contributed by atoms with Crippen LogP contribution < -0.4 is 11.0 Å². The van der Waals surface area contributed by atoms with Crippen molar-refractivity contribution < 1.29 is 0 Å². The molecule has 0 saturated carbocycles. The van der Waals surface area contributed by atoms with Crippen molar-refractivity contribution in [1.29, 1.82) is 0 Å². The second kappa shape index (κ2) is 7.89. The second-order valence-electron chi connectivity index (χ2n) is 6.61. The smallest absolute Gasteiger partial charge is 0.262 e. The molecular formula is C19H27N5O. The SMILES string of the molecule is C=C1CCCNN([C@@H](CCC)c2nc3ccncc3c(=O)n2CC)C1. The zero-order chi connectivity index (χ0) is 17.8. The summed E-state index contributed by atoms with van der Waals surface area (Å²) in [5, 5.41) is 2.80. The highest BCUT2D eigenvalue weighted by Crippen LogP contribution is 2.26. The Labute approximate surface area is 148 Å². The predicted molar refractivity (Wildman–Crippen MR) is 100 cm³/mol. The van der Waals surface area contributed by atoms with Crippen molar-refractivity contribution in [2.45, 2.75) is 52.1 Å². The number of aromatic nitrogens is 3. The van der Waals surface area contributed by atoms with Gasteiger partial charge in [-0.2, -0.15) is 0 Å². The standard InChI is InChI=1S/C19H27N5O/c1-4-7-17(24-13-14(3)8-6-10-21-24)18-22-16-9-11-20-12-15(16)19(25)23(18)5-2/h9,11-12,17,21H,3-8,10,13H2,1-2H3/t17-/m0/s1. The molecule has 0 aliphatic carbocycles. The minimum absolute atomic E-state index is 0.00893. The summed E-state index contributed by atoms with van der Waals surface area (Å²) >= 11 is 0. The number of fused-ring (bicyclic) bond motifs is 1. The monoisotopic (exact) mass is 341 g/mol. The highest BCUT2D eigenvalue weighted by atomic mass is 16.1. The van der Waals surface area contributed by atoms with Crippen LogP contribution in [0.25, 0.3) is 10.9 Å². The summed E-state index contributed by atoms with van der Waals surface area (Å²) < 4.78 is 1.79. The topological polar surface area (TPSA) is 63.0 Å². The normalized spacial score (nSPS) is 17.6. The van der Waals surface area contributed by atoms with Crippen molar-refractivity contribution >= 4 is 10.9 Å². The third-order valence-corrected chi connectivity index (χ3v) is 4.75. The van der Waals surface area contributed by atoms with E-state index in [0.717, 1.165) is 50.1 Å². The number of hydrogen-bond acceptors (Lipinski definition) is 5. The maximum absolute atomic E-state index is 12.9. The molecule has 0 radical (unpaired) electrons.